The number of hydrogen-bond acceptors (Lipinski definition) is 3. The minimum atomic E-state index is -0.543. The van der Waals surface area contributed by atoms with Gasteiger partial charge < -0.3 is 5.32 Å². The Bertz CT molecular complexity index is 665. The highest BCUT2D eigenvalue weighted by atomic mass is 35.5. The highest BCUT2D eigenvalue weighted by Crippen LogP contribution is 2.20. The fourth-order valence-corrected chi connectivity index (χ4v) is 1.59. The van der Waals surface area contributed by atoms with Crippen molar-refractivity contribution in [3.63, 3.8) is 0 Å². The minimum absolute atomic E-state index is 0.0465. The van der Waals surface area contributed by atoms with Crippen LogP contribution in [0.15, 0.2) is 36.5 Å². The number of rotatable bonds is 2. The summed E-state index contributed by atoms with van der Waals surface area (Å²) in [5.41, 5.74) is 0.608. The smallest absolute Gasteiger partial charge is 0.274 e. The van der Waals surface area contributed by atoms with Crippen LogP contribution < -0.4 is 5.32 Å². The molecule has 0 spiro atoms. The van der Waals surface area contributed by atoms with Gasteiger partial charge in [0, 0.05) is 5.02 Å². The lowest BCUT2D eigenvalue weighted by Gasteiger charge is -2.06. The van der Waals surface area contributed by atoms with Gasteiger partial charge in [0.1, 0.15) is 17.6 Å². The third-order valence-electron chi connectivity index (χ3n) is 2.31. The predicted molar refractivity (Wildman–Crippen MR) is 68.3 cm³/mol. The molecule has 0 atom stereocenters. The maximum absolute atomic E-state index is 12.7. The molecule has 1 N–H and O–H groups in total. The number of halogens is 2. The lowest BCUT2D eigenvalue weighted by atomic mass is 10.2. The molecule has 2 aromatic rings. The van der Waals surface area contributed by atoms with Crippen LogP contribution in [0.4, 0.5) is 10.1 Å². The Morgan fingerprint density at radius 2 is 2.16 bits per heavy atom. The monoisotopic (exact) mass is 275 g/mol. The van der Waals surface area contributed by atoms with Crippen molar-refractivity contribution >= 4 is 23.2 Å². The van der Waals surface area contributed by atoms with Gasteiger partial charge in [-0.25, -0.2) is 9.37 Å². The van der Waals surface area contributed by atoms with Crippen LogP contribution in [0.1, 0.15) is 16.1 Å². The van der Waals surface area contributed by atoms with E-state index in [1.807, 2.05) is 6.07 Å². The first kappa shape index (κ1) is 13.0. The largest absolute Gasteiger partial charge is 0.319 e. The van der Waals surface area contributed by atoms with E-state index in [-0.39, 0.29) is 16.9 Å². The maximum atomic E-state index is 12.7. The molecule has 1 aromatic carbocycles. The number of nitriles is 1. The maximum Gasteiger partial charge on any atom is 0.274 e. The van der Waals surface area contributed by atoms with Crippen molar-refractivity contribution in [3.8, 4) is 6.07 Å². The van der Waals surface area contributed by atoms with Crippen molar-refractivity contribution in [1.29, 1.82) is 5.26 Å². The van der Waals surface area contributed by atoms with E-state index in [1.165, 1.54) is 18.2 Å². The van der Waals surface area contributed by atoms with Crippen LogP contribution >= 0.6 is 11.6 Å². The van der Waals surface area contributed by atoms with Crippen molar-refractivity contribution in [2.75, 3.05) is 5.32 Å². The number of hydrogen-bond donors (Lipinski definition) is 1. The normalized spacial score (nSPS) is 9.74. The number of amides is 1. The summed E-state index contributed by atoms with van der Waals surface area (Å²) < 4.78 is 12.7. The molecule has 94 valence electrons. The Morgan fingerprint density at radius 3 is 2.79 bits per heavy atom. The zero-order chi connectivity index (χ0) is 13.8. The van der Waals surface area contributed by atoms with Gasteiger partial charge in [-0.2, -0.15) is 5.26 Å². The lowest BCUT2D eigenvalue weighted by molar-refractivity contribution is 0.102. The standard InChI is InChI=1S/C13H7ClFN3O/c14-9-2-1-8(6-16)12(5-9)18-13(19)11-4-3-10(15)7-17-11/h1-5,7H,(H,18,19). The molecule has 19 heavy (non-hydrogen) atoms. The summed E-state index contributed by atoms with van der Waals surface area (Å²) in [5, 5.41) is 11.8. The molecule has 2 rings (SSSR count). The molecule has 0 aliphatic rings. The molecule has 1 heterocycles. The van der Waals surface area contributed by atoms with Crippen molar-refractivity contribution in [2.45, 2.75) is 0 Å². The van der Waals surface area contributed by atoms with Gasteiger partial charge >= 0.3 is 0 Å². The van der Waals surface area contributed by atoms with Crippen LogP contribution in [0, 0.1) is 17.1 Å². The molecule has 1 aromatic heterocycles. The van der Waals surface area contributed by atoms with Gasteiger partial charge in [-0.3, -0.25) is 4.79 Å². The zero-order valence-electron chi connectivity index (χ0n) is 9.52. The first-order valence-electron chi connectivity index (χ1n) is 5.22. The fourth-order valence-electron chi connectivity index (χ4n) is 1.41. The van der Waals surface area contributed by atoms with E-state index in [9.17, 15) is 9.18 Å². The summed E-state index contributed by atoms with van der Waals surface area (Å²) in [6, 6.07) is 8.82. The van der Waals surface area contributed by atoms with Crippen LogP contribution in [0.25, 0.3) is 0 Å². The Balaban J connectivity index is 2.26. The average molecular weight is 276 g/mol. The van der Waals surface area contributed by atoms with Gasteiger partial charge in [-0.05, 0) is 30.3 Å². The van der Waals surface area contributed by atoms with E-state index in [1.54, 1.807) is 6.07 Å². The fraction of sp³-hybridized carbons (Fsp3) is 0. The van der Waals surface area contributed by atoms with E-state index in [0.717, 1.165) is 12.3 Å². The molecule has 4 nitrogen and oxygen atoms in total. The quantitative estimate of drug-likeness (QED) is 0.916. The van der Waals surface area contributed by atoms with Gasteiger partial charge in [-0.15, -0.1) is 0 Å². The van der Waals surface area contributed by atoms with Gasteiger partial charge in [-0.1, -0.05) is 11.6 Å². The second-order valence-corrected chi connectivity index (χ2v) is 4.05. The summed E-state index contributed by atoms with van der Waals surface area (Å²) in [6.07, 6.45) is 0.943. The van der Waals surface area contributed by atoms with Gasteiger partial charge in [0.15, 0.2) is 0 Å². The number of benzene rings is 1. The molecular formula is C13H7ClFN3O. The molecular weight excluding hydrogens is 269 g/mol. The third kappa shape index (κ3) is 3.06. The highest BCUT2D eigenvalue weighted by molar-refractivity contribution is 6.31. The average Bonchev–Trinajstić information content (AvgIpc) is 2.39. The van der Waals surface area contributed by atoms with Crippen LogP contribution in [-0.2, 0) is 0 Å². The van der Waals surface area contributed by atoms with Crippen LogP contribution in [0.3, 0.4) is 0 Å². The summed E-state index contributed by atoms with van der Waals surface area (Å²) in [4.78, 5) is 15.5. The molecule has 0 aliphatic heterocycles. The van der Waals surface area contributed by atoms with Crippen molar-refractivity contribution in [2.24, 2.45) is 0 Å². The molecule has 0 radical (unpaired) electrons. The highest BCUT2D eigenvalue weighted by Gasteiger charge is 2.11. The van der Waals surface area contributed by atoms with E-state index in [2.05, 4.69) is 10.3 Å². The van der Waals surface area contributed by atoms with E-state index in [0.29, 0.717) is 5.02 Å². The second kappa shape index (κ2) is 5.46. The second-order valence-electron chi connectivity index (χ2n) is 3.62. The number of carbonyl (C=O) groups excluding carboxylic acids is 1. The van der Waals surface area contributed by atoms with Gasteiger partial charge in [0.25, 0.3) is 5.91 Å². The molecule has 0 bridgehead atoms. The zero-order valence-corrected chi connectivity index (χ0v) is 10.3. The first-order valence-corrected chi connectivity index (χ1v) is 5.60. The number of nitrogens with zero attached hydrogens (tertiary/aromatic N) is 2. The Morgan fingerprint density at radius 1 is 1.37 bits per heavy atom. The number of nitrogens with one attached hydrogen (secondary N) is 1. The predicted octanol–water partition coefficient (Wildman–Crippen LogP) is 3.00. The lowest BCUT2D eigenvalue weighted by Crippen LogP contribution is -2.14. The van der Waals surface area contributed by atoms with Crippen LogP contribution in [0.2, 0.25) is 5.02 Å². The van der Waals surface area contributed by atoms with Crippen LogP contribution in [-0.4, -0.2) is 10.9 Å². The SMILES string of the molecule is N#Cc1ccc(Cl)cc1NC(=O)c1ccc(F)cn1. The number of aromatic nitrogens is 1. The molecule has 0 fully saturated rings. The Labute approximate surface area is 113 Å². The summed E-state index contributed by atoms with van der Waals surface area (Å²) >= 11 is 5.80. The topological polar surface area (TPSA) is 65.8 Å². The molecule has 0 saturated carbocycles. The number of anilines is 1. The number of carbonyl (C=O) groups is 1. The minimum Gasteiger partial charge on any atom is -0.319 e. The molecule has 1 amide bonds. The van der Waals surface area contributed by atoms with Crippen LogP contribution in [0.5, 0.6) is 0 Å². The van der Waals surface area contributed by atoms with E-state index in [4.69, 9.17) is 16.9 Å². The van der Waals surface area contributed by atoms with Crippen molar-refractivity contribution < 1.29 is 9.18 Å². The van der Waals surface area contributed by atoms with Crippen molar-refractivity contribution in [3.05, 3.63) is 58.6 Å². The Hall–Kier alpha value is -2.45. The van der Waals surface area contributed by atoms with Crippen molar-refractivity contribution in [1.82, 2.24) is 4.98 Å². The van der Waals surface area contributed by atoms with Gasteiger partial charge in [0.05, 0.1) is 17.4 Å². The molecule has 0 saturated heterocycles. The van der Waals surface area contributed by atoms with E-state index >= 15 is 0 Å². The Kier molecular flexibility index (Phi) is 3.74. The summed E-state index contributed by atoms with van der Waals surface area (Å²) in [5.74, 6) is -1.07. The van der Waals surface area contributed by atoms with E-state index < -0.39 is 11.7 Å². The number of pyridine rings is 1. The molecule has 0 unspecified atom stereocenters. The third-order valence-corrected chi connectivity index (χ3v) is 2.55. The molecule has 6 heteroatoms. The summed E-state index contributed by atoms with van der Waals surface area (Å²) in [7, 11) is 0. The first-order chi connectivity index (χ1) is 9.10. The van der Waals surface area contributed by atoms with Gasteiger partial charge in [0.2, 0.25) is 0 Å². The molecule has 0 aliphatic carbocycles. The summed E-state index contributed by atoms with van der Waals surface area (Å²) in [6.45, 7) is 0.